The van der Waals surface area contributed by atoms with Crippen LogP contribution in [0.3, 0.4) is 0 Å². The maximum absolute atomic E-state index is 12.9. The Hall–Kier alpha value is -2.07. The molecule has 4 heteroatoms. The third-order valence-electron chi connectivity index (χ3n) is 3.52. The molecule has 0 saturated carbocycles. The topological polar surface area (TPSA) is 44.5 Å². The molecule has 21 heavy (non-hydrogen) atoms. The van der Waals surface area contributed by atoms with Crippen molar-refractivity contribution >= 4 is 0 Å². The van der Waals surface area contributed by atoms with Crippen molar-refractivity contribution in [3.63, 3.8) is 0 Å². The number of benzene rings is 2. The van der Waals surface area contributed by atoms with Gasteiger partial charge in [0.1, 0.15) is 17.3 Å². The molecule has 2 N–H and O–H groups in total. The van der Waals surface area contributed by atoms with E-state index in [1.165, 1.54) is 12.1 Å². The Labute approximate surface area is 124 Å². The predicted octanol–water partition coefficient (Wildman–Crippen LogP) is 3.48. The summed E-state index contributed by atoms with van der Waals surface area (Å²) in [4.78, 5) is 0. The maximum atomic E-state index is 12.9. The van der Waals surface area contributed by atoms with Gasteiger partial charge in [-0.15, -0.1) is 0 Å². The van der Waals surface area contributed by atoms with Gasteiger partial charge in [0.2, 0.25) is 0 Å². The Balaban J connectivity index is 2.03. The number of hydrogen-bond donors (Lipinski definition) is 1. The van der Waals surface area contributed by atoms with Gasteiger partial charge in [-0.25, -0.2) is 4.39 Å². The molecular weight excluding hydrogens is 269 g/mol. The molecule has 0 spiro atoms. The number of aryl methyl sites for hydroxylation is 1. The van der Waals surface area contributed by atoms with Gasteiger partial charge in [0, 0.05) is 12.1 Å². The van der Waals surface area contributed by atoms with Gasteiger partial charge in [0.15, 0.2) is 0 Å². The van der Waals surface area contributed by atoms with E-state index in [1.54, 1.807) is 26.4 Å². The van der Waals surface area contributed by atoms with Crippen molar-refractivity contribution in [2.45, 2.75) is 18.9 Å². The van der Waals surface area contributed by atoms with E-state index in [1.807, 2.05) is 18.2 Å². The minimum atomic E-state index is -0.247. The van der Waals surface area contributed by atoms with Crippen molar-refractivity contribution in [1.82, 2.24) is 0 Å². The largest absolute Gasteiger partial charge is 0.497 e. The predicted molar refractivity (Wildman–Crippen MR) is 81.2 cm³/mol. The van der Waals surface area contributed by atoms with Crippen molar-refractivity contribution in [3.05, 3.63) is 59.4 Å². The number of hydrogen-bond acceptors (Lipinski definition) is 3. The van der Waals surface area contributed by atoms with Crippen molar-refractivity contribution < 1.29 is 13.9 Å². The standard InChI is InChI=1S/C17H20FNO2/c1-20-15-9-5-13(17(11-15)21-2)6-10-16(19)12-3-7-14(18)8-4-12/h3-5,7-9,11,16H,6,10,19H2,1-2H3. The second-order valence-corrected chi connectivity index (χ2v) is 4.87. The van der Waals surface area contributed by atoms with Crippen LogP contribution in [0.5, 0.6) is 11.5 Å². The van der Waals surface area contributed by atoms with E-state index in [2.05, 4.69) is 0 Å². The van der Waals surface area contributed by atoms with Gasteiger partial charge in [0.05, 0.1) is 14.2 Å². The lowest BCUT2D eigenvalue weighted by atomic mass is 9.99. The molecule has 2 aromatic carbocycles. The lowest BCUT2D eigenvalue weighted by molar-refractivity contribution is 0.390. The highest BCUT2D eigenvalue weighted by Crippen LogP contribution is 2.27. The summed E-state index contributed by atoms with van der Waals surface area (Å²) >= 11 is 0. The lowest BCUT2D eigenvalue weighted by Crippen LogP contribution is -2.11. The molecule has 0 aromatic heterocycles. The fourth-order valence-corrected chi connectivity index (χ4v) is 2.25. The molecule has 1 atom stereocenters. The van der Waals surface area contributed by atoms with Crippen LogP contribution in [0, 0.1) is 5.82 Å². The third kappa shape index (κ3) is 3.95. The number of methoxy groups -OCH3 is 2. The highest BCUT2D eigenvalue weighted by molar-refractivity contribution is 5.41. The first-order valence-electron chi connectivity index (χ1n) is 6.86. The fourth-order valence-electron chi connectivity index (χ4n) is 2.25. The van der Waals surface area contributed by atoms with Crippen LogP contribution in [0.4, 0.5) is 4.39 Å². The van der Waals surface area contributed by atoms with E-state index in [9.17, 15) is 4.39 Å². The lowest BCUT2D eigenvalue weighted by Gasteiger charge is -2.14. The Morgan fingerprint density at radius 3 is 2.38 bits per heavy atom. The SMILES string of the molecule is COc1ccc(CCC(N)c2ccc(F)cc2)c(OC)c1. The molecule has 0 aliphatic rings. The Bertz CT molecular complexity index is 584. The van der Waals surface area contributed by atoms with E-state index < -0.39 is 0 Å². The normalized spacial score (nSPS) is 12.0. The van der Waals surface area contributed by atoms with Crippen LogP contribution >= 0.6 is 0 Å². The van der Waals surface area contributed by atoms with Gasteiger partial charge in [-0.2, -0.15) is 0 Å². The fraction of sp³-hybridized carbons (Fsp3) is 0.294. The Morgan fingerprint density at radius 1 is 1.05 bits per heavy atom. The number of halogens is 1. The highest BCUT2D eigenvalue weighted by atomic mass is 19.1. The first-order chi connectivity index (χ1) is 10.1. The first kappa shape index (κ1) is 15.3. The summed E-state index contributed by atoms with van der Waals surface area (Å²) in [6.45, 7) is 0. The van der Waals surface area contributed by atoms with Crippen molar-refractivity contribution in [2.24, 2.45) is 5.73 Å². The van der Waals surface area contributed by atoms with E-state index in [0.29, 0.717) is 0 Å². The number of ether oxygens (including phenoxy) is 2. The van der Waals surface area contributed by atoms with Gasteiger partial charge in [-0.1, -0.05) is 18.2 Å². The first-order valence-corrected chi connectivity index (χ1v) is 6.86. The van der Waals surface area contributed by atoms with Crippen molar-refractivity contribution in [1.29, 1.82) is 0 Å². The molecule has 0 aliphatic heterocycles. The summed E-state index contributed by atoms with van der Waals surface area (Å²) in [5.41, 5.74) is 8.17. The minimum absolute atomic E-state index is 0.127. The molecule has 3 nitrogen and oxygen atoms in total. The molecule has 0 fully saturated rings. The van der Waals surface area contributed by atoms with Gasteiger partial charge < -0.3 is 15.2 Å². The highest BCUT2D eigenvalue weighted by Gasteiger charge is 2.10. The summed E-state index contributed by atoms with van der Waals surface area (Å²) in [7, 11) is 3.26. The van der Waals surface area contributed by atoms with Gasteiger partial charge in [0.25, 0.3) is 0 Å². The molecule has 2 aromatic rings. The molecule has 112 valence electrons. The molecular formula is C17H20FNO2. The van der Waals surface area contributed by atoms with Crippen LogP contribution in [-0.2, 0) is 6.42 Å². The van der Waals surface area contributed by atoms with Crippen LogP contribution in [-0.4, -0.2) is 14.2 Å². The maximum Gasteiger partial charge on any atom is 0.125 e. The van der Waals surface area contributed by atoms with Crippen LogP contribution in [0.1, 0.15) is 23.6 Å². The van der Waals surface area contributed by atoms with Gasteiger partial charge in [-0.3, -0.25) is 0 Å². The zero-order valence-electron chi connectivity index (χ0n) is 12.3. The molecule has 0 amide bonds. The molecule has 0 aliphatic carbocycles. The minimum Gasteiger partial charge on any atom is -0.497 e. The third-order valence-corrected chi connectivity index (χ3v) is 3.52. The van der Waals surface area contributed by atoms with E-state index in [-0.39, 0.29) is 11.9 Å². The molecule has 0 radical (unpaired) electrons. The smallest absolute Gasteiger partial charge is 0.125 e. The summed E-state index contributed by atoms with van der Waals surface area (Å²) in [6.07, 6.45) is 1.54. The quantitative estimate of drug-likeness (QED) is 0.885. The average molecular weight is 289 g/mol. The van der Waals surface area contributed by atoms with E-state index in [4.69, 9.17) is 15.2 Å². The molecule has 2 rings (SSSR count). The summed E-state index contributed by atoms with van der Waals surface area (Å²) in [5, 5.41) is 0. The molecule has 0 heterocycles. The Kier molecular flexibility index (Phi) is 5.17. The monoisotopic (exact) mass is 289 g/mol. The molecule has 0 saturated heterocycles. The van der Waals surface area contributed by atoms with Crippen LogP contribution in [0.15, 0.2) is 42.5 Å². The summed E-state index contributed by atoms with van der Waals surface area (Å²) in [6, 6.07) is 11.9. The van der Waals surface area contributed by atoms with Crippen LogP contribution < -0.4 is 15.2 Å². The van der Waals surface area contributed by atoms with Gasteiger partial charge >= 0.3 is 0 Å². The molecule has 0 bridgehead atoms. The van der Waals surface area contributed by atoms with E-state index in [0.717, 1.165) is 35.5 Å². The second kappa shape index (κ2) is 7.09. The van der Waals surface area contributed by atoms with Crippen LogP contribution in [0.25, 0.3) is 0 Å². The number of nitrogens with two attached hydrogens (primary N) is 1. The summed E-state index contributed by atoms with van der Waals surface area (Å²) in [5.74, 6) is 1.31. The zero-order valence-corrected chi connectivity index (χ0v) is 12.3. The second-order valence-electron chi connectivity index (χ2n) is 4.87. The molecule has 1 unspecified atom stereocenters. The van der Waals surface area contributed by atoms with Crippen LogP contribution in [0.2, 0.25) is 0 Å². The summed E-state index contributed by atoms with van der Waals surface area (Å²) < 4.78 is 23.5. The van der Waals surface area contributed by atoms with E-state index >= 15 is 0 Å². The Morgan fingerprint density at radius 2 is 1.76 bits per heavy atom. The van der Waals surface area contributed by atoms with Crippen molar-refractivity contribution in [3.8, 4) is 11.5 Å². The zero-order chi connectivity index (χ0) is 15.2. The number of rotatable bonds is 6. The van der Waals surface area contributed by atoms with Crippen molar-refractivity contribution in [2.75, 3.05) is 14.2 Å². The van der Waals surface area contributed by atoms with Gasteiger partial charge in [-0.05, 0) is 42.2 Å². The average Bonchev–Trinajstić information content (AvgIpc) is 2.53.